The lowest BCUT2D eigenvalue weighted by Gasteiger charge is -2.33. The fourth-order valence-corrected chi connectivity index (χ4v) is 6.72. The lowest BCUT2D eigenvalue weighted by atomic mass is 9.70. The number of fused-ring (bicyclic) bond motifs is 3. The van der Waals surface area contributed by atoms with Crippen LogP contribution in [0.5, 0.6) is 0 Å². The van der Waals surface area contributed by atoms with Gasteiger partial charge < -0.3 is 5.73 Å². The number of nitrogens with two attached hydrogens (primary N) is 1. The number of halogens is 1. The smallest absolute Gasteiger partial charge is 0.0350 e. The van der Waals surface area contributed by atoms with E-state index in [2.05, 4.69) is 67.9 Å². The van der Waals surface area contributed by atoms with Crippen molar-refractivity contribution in [3.63, 3.8) is 0 Å². The SMILES string of the molecule is CCCCCCC1(CCCCCC)c2cc(N)c(CCCC)cc2-c2cc(CCCC)c(Br)cc21. The van der Waals surface area contributed by atoms with E-state index >= 15 is 0 Å². The lowest BCUT2D eigenvalue weighted by Crippen LogP contribution is -2.26. The number of anilines is 1. The Hall–Kier alpha value is -1.28. The van der Waals surface area contributed by atoms with Gasteiger partial charge in [-0.2, -0.15) is 0 Å². The van der Waals surface area contributed by atoms with Gasteiger partial charge in [0.2, 0.25) is 0 Å². The molecule has 0 radical (unpaired) electrons. The first-order chi connectivity index (χ1) is 17.0. The summed E-state index contributed by atoms with van der Waals surface area (Å²) in [5, 5.41) is 0. The molecule has 2 aromatic carbocycles. The minimum atomic E-state index is 0.107. The van der Waals surface area contributed by atoms with Crippen LogP contribution in [0.4, 0.5) is 5.69 Å². The molecule has 0 saturated heterocycles. The summed E-state index contributed by atoms with van der Waals surface area (Å²) in [6.45, 7) is 9.19. The molecule has 0 aromatic heterocycles. The Balaban J connectivity index is 2.14. The van der Waals surface area contributed by atoms with Crippen molar-refractivity contribution in [3.05, 3.63) is 51.0 Å². The number of hydrogen-bond acceptors (Lipinski definition) is 1. The van der Waals surface area contributed by atoms with Gasteiger partial charge in [0, 0.05) is 15.6 Å². The molecule has 0 fully saturated rings. The maximum Gasteiger partial charge on any atom is 0.0350 e. The Labute approximate surface area is 224 Å². The van der Waals surface area contributed by atoms with Gasteiger partial charge in [0.15, 0.2) is 0 Å². The van der Waals surface area contributed by atoms with E-state index in [0.717, 1.165) is 18.5 Å². The Bertz CT molecular complexity index is 867. The van der Waals surface area contributed by atoms with Crippen molar-refractivity contribution in [2.45, 2.75) is 136 Å². The van der Waals surface area contributed by atoms with Crippen molar-refractivity contribution in [3.8, 4) is 11.1 Å². The summed E-state index contributed by atoms with van der Waals surface area (Å²) in [6.07, 6.45) is 20.1. The molecule has 3 rings (SSSR count). The summed E-state index contributed by atoms with van der Waals surface area (Å²) in [4.78, 5) is 0. The number of benzene rings is 2. The molecule has 2 N–H and O–H groups in total. The predicted molar refractivity (Wildman–Crippen MR) is 160 cm³/mol. The van der Waals surface area contributed by atoms with Gasteiger partial charge in [0.1, 0.15) is 0 Å². The number of nitrogen functional groups attached to an aromatic ring is 1. The normalized spacial score (nSPS) is 13.7. The molecule has 194 valence electrons. The number of hydrogen-bond donors (Lipinski definition) is 1. The van der Waals surface area contributed by atoms with E-state index < -0.39 is 0 Å². The fourth-order valence-electron chi connectivity index (χ4n) is 6.18. The molecule has 1 aliphatic carbocycles. The van der Waals surface area contributed by atoms with E-state index in [4.69, 9.17) is 5.73 Å². The molecule has 2 heteroatoms. The van der Waals surface area contributed by atoms with E-state index in [1.165, 1.54) is 122 Å². The Morgan fingerprint density at radius 3 is 1.63 bits per heavy atom. The van der Waals surface area contributed by atoms with Crippen molar-refractivity contribution in [1.82, 2.24) is 0 Å². The first-order valence-electron chi connectivity index (χ1n) is 14.8. The van der Waals surface area contributed by atoms with Gasteiger partial charge in [0.05, 0.1) is 0 Å². The quantitative estimate of drug-likeness (QED) is 0.166. The van der Waals surface area contributed by atoms with Gasteiger partial charge in [-0.05, 0) is 96.2 Å². The van der Waals surface area contributed by atoms with Crippen LogP contribution in [0.1, 0.15) is 140 Å². The summed E-state index contributed by atoms with van der Waals surface area (Å²) < 4.78 is 1.31. The third-order valence-electron chi connectivity index (χ3n) is 8.30. The molecule has 0 heterocycles. The molecule has 0 bridgehead atoms. The van der Waals surface area contributed by atoms with Gasteiger partial charge in [-0.3, -0.25) is 0 Å². The van der Waals surface area contributed by atoms with Crippen LogP contribution in [-0.4, -0.2) is 0 Å². The topological polar surface area (TPSA) is 26.0 Å². The van der Waals surface area contributed by atoms with E-state index in [-0.39, 0.29) is 5.41 Å². The zero-order valence-electron chi connectivity index (χ0n) is 23.1. The van der Waals surface area contributed by atoms with Gasteiger partial charge in [-0.1, -0.05) is 108 Å². The maximum atomic E-state index is 6.76. The molecule has 0 aliphatic heterocycles. The molecule has 0 spiro atoms. The number of rotatable bonds is 16. The highest BCUT2D eigenvalue weighted by Crippen LogP contribution is 2.56. The molecular formula is C33H50BrN. The van der Waals surface area contributed by atoms with Crippen LogP contribution in [0, 0.1) is 0 Å². The van der Waals surface area contributed by atoms with Crippen LogP contribution in [0.15, 0.2) is 28.7 Å². The molecule has 0 atom stereocenters. The van der Waals surface area contributed by atoms with E-state index in [1.54, 1.807) is 5.56 Å². The highest BCUT2D eigenvalue weighted by atomic mass is 79.9. The van der Waals surface area contributed by atoms with Gasteiger partial charge in [-0.15, -0.1) is 0 Å². The summed E-state index contributed by atoms with van der Waals surface area (Å²) in [5.74, 6) is 0. The van der Waals surface area contributed by atoms with Crippen LogP contribution < -0.4 is 5.73 Å². The molecule has 1 nitrogen and oxygen atoms in total. The molecule has 0 amide bonds. The lowest BCUT2D eigenvalue weighted by molar-refractivity contribution is 0.401. The van der Waals surface area contributed by atoms with E-state index in [9.17, 15) is 0 Å². The first kappa shape index (κ1) is 28.3. The van der Waals surface area contributed by atoms with Crippen LogP contribution in [-0.2, 0) is 18.3 Å². The fraction of sp³-hybridized carbons (Fsp3) is 0.636. The van der Waals surface area contributed by atoms with Crippen LogP contribution in [0.25, 0.3) is 11.1 Å². The first-order valence-corrected chi connectivity index (χ1v) is 15.6. The summed E-state index contributed by atoms with van der Waals surface area (Å²) in [6, 6.07) is 9.94. The minimum Gasteiger partial charge on any atom is -0.398 e. The number of aryl methyl sites for hydroxylation is 2. The zero-order valence-corrected chi connectivity index (χ0v) is 24.7. The van der Waals surface area contributed by atoms with Crippen LogP contribution in [0.2, 0.25) is 0 Å². The van der Waals surface area contributed by atoms with Crippen molar-refractivity contribution in [2.24, 2.45) is 0 Å². The number of unbranched alkanes of at least 4 members (excludes halogenated alkanes) is 8. The Morgan fingerprint density at radius 2 is 1.09 bits per heavy atom. The third-order valence-corrected chi connectivity index (χ3v) is 9.04. The molecule has 2 aromatic rings. The van der Waals surface area contributed by atoms with Gasteiger partial charge >= 0.3 is 0 Å². The second-order valence-corrected chi connectivity index (χ2v) is 11.9. The second kappa shape index (κ2) is 13.9. The van der Waals surface area contributed by atoms with E-state index in [1.807, 2.05) is 0 Å². The monoisotopic (exact) mass is 539 g/mol. The summed E-state index contributed by atoms with van der Waals surface area (Å²) in [5.41, 5.74) is 16.8. The van der Waals surface area contributed by atoms with Crippen molar-refractivity contribution >= 4 is 21.6 Å². The maximum absolute atomic E-state index is 6.76. The summed E-state index contributed by atoms with van der Waals surface area (Å²) in [7, 11) is 0. The standard InChI is InChI=1S/C33H50BrN/c1-5-9-13-15-19-33(20-16-14-10-6-2)29-23-31(34)25(17-11-7-3)21-27(29)28-22-26(18-12-8-4)32(35)24-30(28)33/h21-24H,5-20,35H2,1-4H3. The van der Waals surface area contributed by atoms with Crippen molar-refractivity contribution < 1.29 is 0 Å². The Kier molecular flexibility index (Phi) is 11.2. The minimum absolute atomic E-state index is 0.107. The molecule has 1 aliphatic rings. The molecular weight excluding hydrogens is 490 g/mol. The third kappa shape index (κ3) is 6.54. The van der Waals surface area contributed by atoms with Crippen molar-refractivity contribution in [1.29, 1.82) is 0 Å². The Morgan fingerprint density at radius 1 is 0.600 bits per heavy atom. The van der Waals surface area contributed by atoms with E-state index in [0.29, 0.717) is 0 Å². The highest BCUT2D eigenvalue weighted by molar-refractivity contribution is 9.10. The second-order valence-electron chi connectivity index (χ2n) is 11.0. The highest BCUT2D eigenvalue weighted by Gasteiger charge is 2.43. The average molecular weight is 541 g/mol. The molecule has 0 unspecified atom stereocenters. The molecule has 0 saturated carbocycles. The average Bonchev–Trinajstić information content (AvgIpc) is 3.09. The van der Waals surface area contributed by atoms with Crippen LogP contribution in [0.3, 0.4) is 0 Å². The van der Waals surface area contributed by atoms with Crippen molar-refractivity contribution in [2.75, 3.05) is 5.73 Å². The van der Waals surface area contributed by atoms with Crippen LogP contribution >= 0.6 is 15.9 Å². The van der Waals surface area contributed by atoms with Gasteiger partial charge in [-0.25, -0.2) is 0 Å². The zero-order chi connectivity index (χ0) is 25.3. The van der Waals surface area contributed by atoms with Gasteiger partial charge in [0.25, 0.3) is 0 Å². The largest absolute Gasteiger partial charge is 0.398 e. The summed E-state index contributed by atoms with van der Waals surface area (Å²) >= 11 is 4.00. The predicted octanol–water partition coefficient (Wildman–Crippen LogP) is 10.9. The molecule has 35 heavy (non-hydrogen) atoms.